The van der Waals surface area contributed by atoms with E-state index in [4.69, 9.17) is 0 Å². The van der Waals surface area contributed by atoms with E-state index in [9.17, 15) is 24.5 Å². The highest BCUT2D eigenvalue weighted by molar-refractivity contribution is 5.94. The molecule has 0 aliphatic rings. The molecule has 0 saturated heterocycles. The molecule has 7 heteroatoms. The van der Waals surface area contributed by atoms with Gasteiger partial charge in [-0.05, 0) is 79.8 Å². The summed E-state index contributed by atoms with van der Waals surface area (Å²) in [7, 11) is 0. The third kappa shape index (κ3) is 7.57. The van der Waals surface area contributed by atoms with Crippen LogP contribution in [0.25, 0.3) is 0 Å². The van der Waals surface area contributed by atoms with Gasteiger partial charge >= 0.3 is 0 Å². The fourth-order valence-corrected chi connectivity index (χ4v) is 3.81. The first-order valence-corrected chi connectivity index (χ1v) is 11.2. The molecule has 5 N–H and O–H groups in total. The number of hydrogen-bond donors (Lipinski definition) is 5. The lowest BCUT2D eigenvalue weighted by molar-refractivity contribution is 0.0954. The van der Waals surface area contributed by atoms with Crippen molar-refractivity contribution in [2.45, 2.75) is 38.3 Å². The van der Waals surface area contributed by atoms with Crippen LogP contribution < -0.4 is 10.6 Å². The number of phenols is 2. The number of phenolic OH excluding ortho intramolecular Hbond substituents is 2. The normalized spacial score (nSPS) is 12.4. The van der Waals surface area contributed by atoms with Crippen LogP contribution in [0.15, 0.2) is 66.7 Å². The Hall–Kier alpha value is -3.42. The average molecular weight is 467 g/mol. The highest BCUT2D eigenvalue weighted by Gasteiger charge is 2.21. The number of aliphatic hydroxyl groups excluding tert-OH is 1. The van der Waals surface area contributed by atoms with E-state index in [2.05, 4.69) is 10.6 Å². The summed E-state index contributed by atoms with van der Waals surface area (Å²) in [5.74, 6) is -0.706. The fraction of sp³-hybridized carbons (Fsp3) is 0.296. The molecule has 3 aromatic carbocycles. The highest BCUT2D eigenvalue weighted by atomic mass is 19.1. The molecule has 180 valence electrons. The SMILES string of the molecule is CC(C)(Cc1cccc(C(=O)NCCc2cccc(F)c2)c1)NC[C@H](O)c1cc(O)cc(O)c1. The zero-order valence-corrected chi connectivity index (χ0v) is 19.4. The number of carbonyl (C=O) groups is 1. The van der Waals surface area contributed by atoms with Gasteiger partial charge in [0.2, 0.25) is 0 Å². The second kappa shape index (κ2) is 11.1. The van der Waals surface area contributed by atoms with E-state index in [1.54, 1.807) is 12.1 Å². The van der Waals surface area contributed by atoms with Gasteiger partial charge in [0.1, 0.15) is 17.3 Å². The van der Waals surface area contributed by atoms with E-state index in [0.717, 1.165) is 11.1 Å². The molecule has 6 nitrogen and oxygen atoms in total. The summed E-state index contributed by atoms with van der Waals surface area (Å²) < 4.78 is 13.3. The van der Waals surface area contributed by atoms with E-state index in [1.807, 2.05) is 38.1 Å². The summed E-state index contributed by atoms with van der Waals surface area (Å²) >= 11 is 0. The molecule has 0 fully saturated rings. The summed E-state index contributed by atoms with van der Waals surface area (Å²) in [5, 5.41) is 35.9. The van der Waals surface area contributed by atoms with Gasteiger partial charge in [-0.25, -0.2) is 4.39 Å². The Morgan fingerprint density at radius 1 is 0.971 bits per heavy atom. The second-order valence-corrected chi connectivity index (χ2v) is 9.08. The third-order valence-electron chi connectivity index (χ3n) is 5.51. The molecule has 3 aromatic rings. The number of hydrogen-bond acceptors (Lipinski definition) is 5. The number of amides is 1. The number of rotatable bonds is 10. The summed E-state index contributed by atoms with van der Waals surface area (Å²) in [5.41, 5.74) is 2.34. The molecular formula is C27H31FN2O4. The molecule has 3 rings (SSSR count). The van der Waals surface area contributed by atoms with Crippen molar-refractivity contribution in [2.75, 3.05) is 13.1 Å². The Balaban J connectivity index is 1.54. The van der Waals surface area contributed by atoms with Crippen molar-refractivity contribution in [3.8, 4) is 11.5 Å². The number of benzene rings is 3. The van der Waals surface area contributed by atoms with Crippen LogP contribution >= 0.6 is 0 Å². The van der Waals surface area contributed by atoms with Crippen LogP contribution in [0.3, 0.4) is 0 Å². The molecule has 34 heavy (non-hydrogen) atoms. The predicted molar refractivity (Wildman–Crippen MR) is 129 cm³/mol. The topological polar surface area (TPSA) is 102 Å². The molecule has 0 heterocycles. The molecule has 0 bridgehead atoms. The van der Waals surface area contributed by atoms with Crippen LogP contribution in [-0.2, 0) is 12.8 Å². The van der Waals surface area contributed by atoms with E-state index in [-0.39, 0.29) is 29.8 Å². The molecule has 0 saturated carbocycles. The lowest BCUT2D eigenvalue weighted by Crippen LogP contribution is -2.43. The third-order valence-corrected chi connectivity index (χ3v) is 5.51. The van der Waals surface area contributed by atoms with Crippen LogP contribution in [0.4, 0.5) is 4.39 Å². The lowest BCUT2D eigenvalue weighted by atomic mass is 9.93. The average Bonchev–Trinajstić information content (AvgIpc) is 2.77. The Kier molecular flexibility index (Phi) is 8.26. The van der Waals surface area contributed by atoms with Crippen molar-refractivity contribution in [1.29, 1.82) is 0 Å². The lowest BCUT2D eigenvalue weighted by Gasteiger charge is -2.28. The van der Waals surface area contributed by atoms with E-state index < -0.39 is 11.6 Å². The fourth-order valence-electron chi connectivity index (χ4n) is 3.81. The largest absolute Gasteiger partial charge is 0.508 e. The van der Waals surface area contributed by atoms with Crippen LogP contribution in [0.1, 0.15) is 47.0 Å². The van der Waals surface area contributed by atoms with Crippen LogP contribution in [0.2, 0.25) is 0 Å². The number of aliphatic hydroxyl groups is 1. The van der Waals surface area contributed by atoms with Crippen molar-refractivity contribution >= 4 is 5.91 Å². The zero-order chi connectivity index (χ0) is 24.7. The van der Waals surface area contributed by atoms with Crippen LogP contribution in [0, 0.1) is 5.82 Å². The van der Waals surface area contributed by atoms with Crippen molar-refractivity contribution < 1.29 is 24.5 Å². The quantitative estimate of drug-likeness (QED) is 0.312. The Bertz CT molecular complexity index is 1110. The van der Waals surface area contributed by atoms with Gasteiger partial charge in [-0.15, -0.1) is 0 Å². The molecule has 0 aliphatic carbocycles. The summed E-state index contributed by atoms with van der Waals surface area (Å²) in [4.78, 5) is 12.6. The minimum Gasteiger partial charge on any atom is -0.508 e. The van der Waals surface area contributed by atoms with Crippen molar-refractivity contribution in [1.82, 2.24) is 10.6 Å². The molecule has 1 atom stereocenters. The number of nitrogens with one attached hydrogen (secondary N) is 2. The van der Waals surface area contributed by atoms with Crippen LogP contribution in [0.5, 0.6) is 11.5 Å². The number of carbonyl (C=O) groups excluding carboxylic acids is 1. The van der Waals surface area contributed by atoms with E-state index in [1.165, 1.54) is 30.3 Å². The van der Waals surface area contributed by atoms with Crippen molar-refractivity contribution in [3.05, 3.63) is 94.8 Å². The minimum atomic E-state index is -0.910. The Labute approximate surface area is 199 Å². The van der Waals surface area contributed by atoms with E-state index in [0.29, 0.717) is 30.5 Å². The number of β-amino-alcohol motifs (C(OH)–C–C–N with tert-alkyl or cyclic N) is 1. The zero-order valence-electron chi connectivity index (χ0n) is 19.4. The standard InChI is InChI=1S/C27H31FN2O4/c1-27(2,30-17-25(33)21-13-23(31)15-24(32)14-21)16-19-6-3-7-20(11-19)26(34)29-10-9-18-5-4-8-22(28)12-18/h3-8,11-15,25,30-33H,9-10,16-17H2,1-2H3,(H,29,34)/t25-/m0/s1. The minimum absolute atomic E-state index is 0.112. The van der Waals surface area contributed by atoms with Gasteiger partial charge in [0.05, 0.1) is 6.10 Å². The first kappa shape index (κ1) is 25.2. The van der Waals surface area contributed by atoms with Crippen LogP contribution in [-0.4, -0.2) is 39.9 Å². The van der Waals surface area contributed by atoms with Gasteiger partial charge in [0.25, 0.3) is 5.91 Å². The van der Waals surface area contributed by atoms with Gasteiger partial charge in [-0.1, -0.05) is 24.3 Å². The smallest absolute Gasteiger partial charge is 0.251 e. The highest BCUT2D eigenvalue weighted by Crippen LogP contribution is 2.25. The van der Waals surface area contributed by atoms with Gasteiger partial charge in [0.15, 0.2) is 0 Å². The van der Waals surface area contributed by atoms with E-state index >= 15 is 0 Å². The molecule has 0 spiro atoms. The second-order valence-electron chi connectivity index (χ2n) is 9.08. The molecule has 0 radical (unpaired) electrons. The van der Waals surface area contributed by atoms with Gasteiger partial charge in [-0.2, -0.15) is 0 Å². The first-order valence-electron chi connectivity index (χ1n) is 11.2. The number of aromatic hydroxyl groups is 2. The number of halogens is 1. The summed E-state index contributed by atoms with van der Waals surface area (Å²) in [6, 6.07) is 17.7. The maximum atomic E-state index is 13.3. The molecule has 1 amide bonds. The van der Waals surface area contributed by atoms with Gasteiger partial charge < -0.3 is 26.0 Å². The molecule has 0 unspecified atom stereocenters. The van der Waals surface area contributed by atoms with Gasteiger partial charge in [0, 0.05) is 30.3 Å². The van der Waals surface area contributed by atoms with Crippen molar-refractivity contribution in [3.63, 3.8) is 0 Å². The van der Waals surface area contributed by atoms with Gasteiger partial charge in [-0.3, -0.25) is 4.79 Å². The molecule has 0 aromatic heterocycles. The maximum absolute atomic E-state index is 13.3. The van der Waals surface area contributed by atoms with Crippen molar-refractivity contribution in [2.24, 2.45) is 0 Å². The Morgan fingerprint density at radius 2 is 1.65 bits per heavy atom. The monoisotopic (exact) mass is 466 g/mol. The predicted octanol–water partition coefficient (Wildman–Crippen LogP) is 3.85. The summed E-state index contributed by atoms with van der Waals surface area (Å²) in [6.07, 6.45) is 0.238. The molecule has 0 aliphatic heterocycles. The molecular weight excluding hydrogens is 435 g/mol. The summed E-state index contributed by atoms with van der Waals surface area (Å²) in [6.45, 7) is 4.61. The Morgan fingerprint density at radius 3 is 2.35 bits per heavy atom. The first-order chi connectivity index (χ1) is 16.1. The maximum Gasteiger partial charge on any atom is 0.251 e.